The smallest absolute Gasteiger partial charge is 0.00703 e. The van der Waals surface area contributed by atoms with Crippen LogP contribution in [-0.4, -0.2) is 12.0 Å². The van der Waals surface area contributed by atoms with Crippen LogP contribution in [0.5, 0.6) is 0 Å². The average Bonchev–Trinajstić information content (AvgIpc) is 2.21. The van der Waals surface area contributed by atoms with Crippen LogP contribution in [-0.2, 0) is 0 Å². The predicted octanol–water partition coefficient (Wildman–Crippen LogP) is 5.08. The number of hydrogen-bond acceptors (Lipinski definition) is 1. The van der Waals surface area contributed by atoms with Gasteiger partial charge < -0.3 is 0 Å². The molecule has 0 heterocycles. The zero-order valence-corrected chi connectivity index (χ0v) is 10.7. The fraction of sp³-hybridized carbons (Fsp3) is 0.923. The second kappa shape index (κ2) is 13.4. The van der Waals surface area contributed by atoms with Gasteiger partial charge in [-0.15, -0.1) is 0 Å². The van der Waals surface area contributed by atoms with Crippen molar-refractivity contribution in [1.29, 1.82) is 0 Å². The standard InChI is InChI=1S/C13H27S/c1-3-4-5-6-7-8-9-10-11-12-13-14-2/h1,3-13H2,2H3. The molecule has 0 rings (SSSR count). The molecule has 0 aliphatic carbocycles. The third-order valence-electron chi connectivity index (χ3n) is 2.60. The van der Waals surface area contributed by atoms with Gasteiger partial charge in [-0.25, -0.2) is 0 Å². The SMILES string of the molecule is [CH2]CCCCCCCCCCCSC. The molecule has 85 valence electrons. The van der Waals surface area contributed by atoms with E-state index in [4.69, 9.17) is 0 Å². The maximum atomic E-state index is 3.86. The Bertz CT molecular complexity index is 79.2. The van der Waals surface area contributed by atoms with Gasteiger partial charge in [0.2, 0.25) is 0 Å². The maximum Gasteiger partial charge on any atom is -0.00703 e. The van der Waals surface area contributed by atoms with E-state index in [0.29, 0.717) is 0 Å². The van der Waals surface area contributed by atoms with Crippen molar-refractivity contribution in [2.24, 2.45) is 0 Å². The summed E-state index contributed by atoms with van der Waals surface area (Å²) in [6.07, 6.45) is 16.2. The van der Waals surface area contributed by atoms with Gasteiger partial charge in [0.05, 0.1) is 0 Å². The largest absolute Gasteiger partial charge is 0.165 e. The van der Waals surface area contributed by atoms with Crippen LogP contribution in [0.25, 0.3) is 0 Å². The average molecular weight is 215 g/mol. The molecule has 0 fully saturated rings. The molecule has 0 aromatic heterocycles. The third kappa shape index (κ3) is 12.3. The van der Waals surface area contributed by atoms with Gasteiger partial charge in [-0.2, -0.15) is 11.8 Å². The van der Waals surface area contributed by atoms with Crippen LogP contribution in [0, 0.1) is 6.92 Å². The minimum absolute atomic E-state index is 1.12. The van der Waals surface area contributed by atoms with Crippen LogP contribution in [0.4, 0.5) is 0 Å². The Balaban J connectivity index is 2.78. The summed E-state index contributed by atoms with van der Waals surface area (Å²) in [5.41, 5.74) is 0. The molecular weight excluding hydrogens is 188 g/mol. The molecule has 0 aromatic carbocycles. The summed E-state index contributed by atoms with van der Waals surface area (Å²) in [6.45, 7) is 3.86. The molecule has 0 atom stereocenters. The summed E-state index contributed by atoms with van der Waals surface area (Å²) in [5, 5.41) is 0. The molecule has 0 aliphatic heterocycles. The lowest BCUT2D eigenvalue weighted by Crippen LogP contribution is -1.82. The number of rotatable bonds is 11. The van der Waals surface area contributed by atoms with Gasteiger partial charge in [0.15, 0.2) is 0 Å². The van der Waals surface area contributed by atoms with E-state index in [-0.39, 0.29) is 0 Å². The molecule has 0 aromatic rings. The summed E-state index contributed by atoms with van der Waals surface area (Å²) in [4.78, 5) is 0. The highest BCUT2D eigenvalue weighted by Crippen LogP contribution is 2.11. The lowest BCUT2D eigenvalue weighted by molar-refractivity contribution is 0.567. The Hall–Kier alpha value is 0.350. The van der Waals surface area contributed by atoms with Gasteiger partial charge in [0.1, 0.15) is 0 Å². The Labute approximate surface area is 95.2 Å². The molecule has 14 heavy (non-hydrogen) atoms. The lowest BCUT2D eigenvalue weighted by Gasteiger charge is -2.01. The van der Waals surface area contributed by atoms with Crippen molar-refractivity contribution < 1.29 is 0 Å². The first-order chi connectivity index (χ1) is 6.91. The van der Waals surface area contributed by atoms with E-state index < -0.39 is 0 Å². The highest BCUT2D eigenvalue weighted by atomic mass is 32.2. The van der Waals surface area contributed by atoms with Crippen molar-refractivity contribution in [3.05, 3.63) is 6.92 Å². The quantitative estimate of drug-likeness (QED) is 0.433. The summed E-state index contributed by atoms with van der Waals surface area (Å²) < 4.78 is 0. The molecule has 1 heteroatoms. The van der Waals surface area contributed by atoms with Gasteiger partial charge in [-0.1, -0.05) is 64.7 Å². The van der Waals surface area contributed by atoms with E-state index in [9.17, 15) is 0 Å². The van der Waals surface area contributed by atoms with E-state index in [1.54, 1.807) is 0 Å². The Morgan fingerprint density at radius 3 is 1.57 bits per heavy atom. The van der Waals surface area contributed by atoms with Crippen molar-refractivity contribution >= 4 is 11.8 Å². The normalized spacial score (nSPS) is 10.7. The fourth-order valence-corrected chi connectivity index (χ4v) is 2.15. The van der Waals surface area contributed by atoms with E-state index in [2.05, 4.69) is 13.2 Å². The van der Waals surface area contributed by atoms with Crippen LogP contribution in [0.3, 0.4) is 0 Å². The first-order valence-corrected chi connectivity index (χ1v) is 7.59. The molecule has 0 unspecified atom stereocenters. The summed E-state index contributed by atoms with van der Waals surface area (Å²) in [7, 11) is 0. The number of unbranched alkanes of at least 4 members (excludes halogenated alkanes) is 9. The first-order valence-electron chi connectivity index (χ1n) is 6.20. The Morgan fingerprint density at radius 2 is 1.14 bits per heavy atom. The number of hydrogen-bond donors (Lipinski definition) is 0. The van der Waals surface area contributed by atoms with Crippen LogP contribution in [0.15, 0.2) is 0 Å². The zero-order chi connectivity index (χ0) is 10.5. The molecule has 0 bridgehead atoms. The Kier molecular flexibility index (Phi) is 13.7. The minimum Gasteiger partial charge on any atom is -0.165 e. The second-order valence-corrected chi connectivity index (χ2v) is 5.01. The van der Waals surface area contributed by atoms with Gasteiger partial charge >= 0.3 is 0 Å². The van der Waals surface area contributed by atoms with E-state index in [0.717, 1.165) is 6.42 Å². The monoisotopic (exact) mass is 215 g/mol. The lowest BCUT2D eigenvalue weighted by atomic mass is 10.1. The number of thioether (sulfide) groups is 1. The van der Waals surface area contributed by atoms with Crippen LogP contribution in [0.1, 0.15) is 64.2 Å². The van der Waals surface area contributed by atoms with Crippen LogP contribution < -0.4 is 0 Å². The second-order valence-electron chi connectivity index (χ2n) is 4.03. The van der Waals surface area contributed by atoms with Crippen molar-refractivity contribution in [1.82, 2.24) is 0 Å². The maximum absolute atomic E-state index is 3.86. The highest BCUT2D eigenvalue weighted by Gasteiger charge is 1.91. The van der Waals surface area contributed by atoms with Gasteiger partial charge in [0, 0.05) is 0 Å². The fourth-order valence-electron chi connectivity index (χ4n) is 1.66. The molecule has 0 saturated heterocycles. The molecule has 0 saturated carbocycles. The minimum atomic E-state index is 1.12. The molecule has 0 N–H and O–H groups in total. The summed E-state index contributed by atoms with van der Waals surface area (Å²) in [6, 6.07) is 0. The van der Waals surface area contributed by atoms with Crippen molar-refractivity contribution in [3.8, 4) is 0 Å². The molecule has 0 spiro atoms. The molecule has 0 nitrogen and oxygen atoms in total. The van der Waals surface area contributed by atoms with Gasteiger partial charge in [-0.3, -0.25) is 0 Å². The van der Waals surface area contributed by atoms with E-state index in [1.165, 1.54) is 63.5 Å². The van der Waals surface area contributed by atoms with Gasteiger partial charge in [-0.05, 0) is 18.4 Å². The molecule has 1 radical (unpaired) electrons. The van der Waals surface area contributed by atoms with E-state index in [1.807, 2.05) is 11.8 Å². The van der Waals surface area contributed by atoms with Gasteiger partial charge in [0.25, 0.3) is 0 Å². The zero-order valence-electron chi connectivity index (χ0n) is 9.89. The predicted molar refractivity (Wildman–Crippen MR) is 69.9 cm³/mol. The van der Waals surface area contributed by atoms with Crippen molar-refractivity contribution in [3.63, 3.8) is 0 Å². The van der Waals surface area contributed by atoms with Crippen molar-refractivity contribution in [2.75, 3.05) is 12.0 Å². The van der Waals surface area contributed by atoms with E-state index >= 15 is 0 Å². The Morgan fingerprint density at radius 1 is 0.714 bits per heavy atom. The molecule has 0 amide bonds. The highest BCUT2D eigenvalue weighted by molar-refractivity contribution is 7.98. The third-order valence-corrected chi connectivity index (χ3v) is 3.30. The summed E-state index contributed by atoms with van der Waals surface area (Å²) in [5.74, 6) is 1.35. The molecular formula is C13H27S. The van der Waals surface area contributed by atoms with Crippen LogP contribution >= 0.6 is 11.8 Å². The topological polar surface area (TPSA) is 0 Å². The summed E-state index contributed by atoms with van der Waals surface area (Å²) >= 11 is 1.97. The van der Waals surface area contributed by atoms with Crippen LogP contribution in [0.2, 0.25) is 0 Å². The first kappa shape index (κ1) is 14.3. The molecule has 0 aliphatic rings. The van der Waals surface area contributed by atoms with Crippen molar-refractivity contribution in [2.45, 2.75) is 64.2 Å².